The molecular weight excluding hydrogens is 453 g/mol. The van der Waals surface area contributed by atoms with Gasteiger partial charge in [-0.05, 0) is 36.4 Å². The Hall–Kier alpha value is -3.92. The molecule has 32 heavy (non-hydrogen) atoms. The molecule has 0 aromatic heterocycles. The smallest absolute Gasteiger partial charge is 0.294 e. The zero-order valence-corrected chi connectivity index (χ0v) is 16.7. The molecule has 0 radical (unpaired) electrons. The highest BCUT2D eigenvalue weighted by Crippen LogP contribution is 2.33. The van der Waals surface area contributed by atoms with E-state index in [9.17, 15) is 36.0 Å². The first-order valence-electron chi connectivity index (χ1n) is 8.82. The number of urea groups is 1. The van der Waals surface area contributed by atoms with Gasteiger partial charge in [0.25, 0.3) is 15.9 Å². The van der Waals surface area contributed by atoms with Crippen LogP contribution in [0, 0.1) is 11.3 Å². The van der Waals surface area contributed by atoms with E-state index in [0.29, 0.717) is 6.07 Å². The number of nitriles is 1. The van der Waals surface area contributed by atoms with Crippen molar-refractivity contribution in [1.29, 1.82) is 5.26 Å². The molecule has 0 bridgehead atoms. The van der Waals surface area contributed by atoms with Crippen molar-refractivity contribution < 1.29 is 36.0 Å². The van der Waals surface area contributed by atoms with Crippen molar-refractivity contribution in [3.05, 3.63) is 59.2 Å². The molecule has 166 valence electrons. The summed E-state index contributed by atoms with van der Waals surface area (Å²) in [4.78, 5) is 36.0. The Morgan fingerprint density at radius 1 is 1.16 bits per heavy atom. The molecule has 2 N–H and O–H groups in total. The van der Waals surface area contributed by atoms with E-state index in [1.54, 1.807) is 4.72 Å². The van der Waals surface area contributed by atoms with Crippen molar-refractivity contribution in [3.8, 4) is 6.07 Å². The zero-order chi connectivity index (χ0) is 23.7. The van der Waals surface area contributed by atoms with Crippen molar-refractivity contribution in [2.24, 2.45) is 0 Å². The van der Waals surface area contributed by atoms with Crippen molar-refractivity contribution in [1.82, 2.24) is 10.0 Å². The highest BCUT2D eigenvalue weighted by molar-refractivity contribution is 7.90. The molecule has 3 rings (SSSR count). The minimum Gasteiger partial charge on any atom is -0.294 e. The Morgan fingerprint density at radius 2 is 1.88 bits per heavy atom. The summed E-state index contributed by atoms with van der Waals surface area (Å²) in [6.45, 7) is 0.0412. The Morgan fingerprint density at radius 3 is 2.50 bits per heavy atom. The number of rotatable bonds is 4. The first-order valence-corrected chi connectivity index (χ1v) is 10.3. The summed E-state index contributed by atoms with van der Waals surface area (Å²) in [6.07, 6.45) is -4.96. The lowest BCUT2D eigenvalue weighted by molar-refractivity contribution is -0.138. The first-order chi connectivity index (χ1) is 14.9. The van der Waals surface area contributed by atoms with Crippen LogP contribution in [0.4, 0.5) is 23.7 Å². The predicted octanol–water partition coefficient (Wildman–Crippen LogP) is 2.14. The molecule has 2 aromatic rings. The molecule has 13 heteroatoms. The van der Waals surface area contributed by atoms with Crippen LogP contribution >= 0.6 is 0 Å². The van der Waals surface area contributed by atoms with Crippen LogP contribution in [0.1, 0.15) is 27.9 Å². The van der Waals surface area contributed by atoms with Gasteiger partial charge in [-0.2, -0.15) is 18.4 Å². The van der Waals surface area contributed by atoms with Crippen molar-refractivity contribution in [2.45, 2.75) is 17.5 Å². The van der Waals surface area contributed by atoms with Crippen LogP contribution in [0.3, 0.4) is 0 Å². The van der Waals surface area contributed by atoms with Gasteiger partial charge in [-0.15, -0.1) is 0 Å². The number of carbonyl (C=O) groups is 3. The third kappa shape index (κ3) is 4.70. The van der Waals surface area contributed by atoms with Crippen LogP contribution in [-0.4, -0.2) is 32.8 Å². The average Bonchev–Trinajstić information content (AvgIpc) is 2.72. The average molecular weight is 466 g/mol. The summed E-state index contributed by atoms with van der Waals surface area (Å²) in [5.41, 5.74) is -2.21. The van der Waals surface area contributed by atoms with Crippen LogP contribution in [0.2, 0.25) is 0 Å². The summed E-state index contributed by atoms with van der Waals surface area (Å²) in [6, 6.07) is 7.59. The number of nitrogens with one attached hydrogen (secondary N) is 2. The van der Waals surface area contributed by atoms with Crippen molar-refractivity contribution in [2.75, 3.05) is 11.4 Å². The summed E-state index contributed by atoms with van der Waals surface area (Å²) in [7, 11) is -4.72. The second-order valence-corrected chi connectivity index (χ2v) is 8.24. The van der Waals surface area contributed by atoms with Gasteiger partial charge in [0, 0.05) is 24.2 Å². The maximum Gasteiger partial charge on any atom is 0.417 e. The molecule has 1 aliphatic heterocycles. The largest absolute Gasteiger partial charge is 0.417 e. The van der Waals surface area contributed by atoms with Crippen LogP contribution in [0.15, 0.2) is 47.4 Å². The molecule has 0 atom stereocenters. The molecule has 1 aliphatic rings. The topological polar surface area (TPSA) is 136 Å². The molecule has 9 nitrogen and oxygen atoms in total. The molecule has 1 fully saturated rings. The SMILES string of the molecule is N#Cc1ccc(S(=O)(=O)NC(=O)c2cccc(N3CCC(=O)NC3=O)c2)cc1C(F)(F)F. The summed E-state index contributed by atoms with van der Waals surface area (Å²) in [5.74, 6) is -1.62. The normalized spacial score (nSPS) is 14.5. The lowest BCUT2D eigenvalue weighted by Crippen LogP contribution is -2.49. The van der Waals surface area contributed by atoms with Crippen molar-refractivity contribution >= 4 is 33.6 Å². The molecule has 0 unspecified atom stereocenters. The van der Waals surface area contributed by atoms with Crippen LogP contribution < -0.4 is 14.9 Å². The second kappa shape index (κ2) is 8.31. The Balaban J connectivity index is 1.87. The third-order valence-electron chi connectivity index (χ3n) is 4.43. The van der Waals surface area contributed by atoms with Crippen LogP contribution in [0.25, 0.3) is 0 Å². The number of alkyl halides is 3. The molecule has 2 aromatic carbocycles. The van der Waals surface area contributed by atoms with Gasteiger partial charge in [-0.1, -0.05) is 6.07 Å². The Bertz CT molecular complexity index is 1270. The number of amides is 4. The summed E-state index contributed by atoms with van der Waals surface area (Å²) in [5, 5.41) is 10.9. The Labute approximate surface area is 179 Å². The third-order valence-corrected chi connectivity index (χ3v) is 5.76. The van der Waals surface area contributed by atoms with E-state index in [1.807, 2.05) is 0 Å². The van der Waals surface area contributed by atoms with E-state index in [-0.39, 0.29) is 30.3 Å². The fourth-order valence-electron chi connectivity index (χ4n) is 2.89. The minimum atomic E-state index is -4.98. The number of hydrogen-bond acceptors (Lipinski definition) is 6. The molecule has 0 saturated carbocycles. The van der Waals surface area contributed by atoms with Gasteiger partial charge in [-0.3, -0.25) is 19.8 Å². The van der Waals surface area contributed by atoms with Crippen LogP contribution in [-0.2, 0) is 21.0 Å². The number of benzene rings is 2. The van der Waals surface area contributed by atoms with Crippen LogP contribution in [0.5, 0.6) is 0 Å². The second-order valence-electron chi connectivity index (χ2n) is 6.56. The number of sulfonamides is 1. The number of imide groups is 1. The minimum absolute atomic E-state index is 0.0246. The van der Waals surface area contributed by atoms with E-state index in [4.69, 9.17) is 5.26 Å². The van der Waals surface area contributed by atoms with E-state index >= 15 is 0 Å². The number of nitrogens with zero attached hydrogens (tertiary/aromatic N) is 2. The van der Waals surface area contributed by atoms with Gasteiger partial charge in [0.1, 0.15) is 0 Å². The van der Waals surface area contributed by atoms with Crippen molar-refractivity contribution in [3.63, 3.8) is 0 Å². The summed E-state index contributed by atoms with van der Waals surface area (Å²) >= 11 is 0. The lowest BCUT2D eigenvalue weighted by atomic mass is 10.1. The monoisotopic (exact) mass is 466 g/mol. The maximum absolute atomic E-state index is 13.1. The zero-order valence-electron chi connectivity index (χ0n) is 15.9. The fourth-order valence-corrected chi connectivity index (χ4v) is 3.89. The number of halogens is 3. The molecule has 1 saturated heterocycles. The highest BCUT2D eigenvalue weighted by Gasteiger charge is 2.35. The predicted molar refractivity (Wildman–Crippen MR) is 103 cm³/mol. The Kier molecular flexibility index (Phi) is 5.91. The van der Waals surface area contributed by atoms with Gasteiger partial charge in [0.05, 0.1) is 22.1 Å². The number of anilines is 1. The molecular formula is C19H13F3N4O5S. The van der Waals surface area contributed by atoms with Gasteiger partial charge in [-0.25, -0.2) is 17.9 Å². The van der Waals surface area contributed by atoms with Gasteiger partial charge < -0.3 is 0 Å². The van der Waals surface area contributed by atoms with E-state index in [1.165, 1.54) is 35.2 Å². The number of carbonyl (C=O) groups excluding carboxylic acids is 3. The van der Waals surface area contributed by atoms with E-state index in [0.717, 1.165) is 6.07 Å². The molecule has 0 spiro atoms. The van der Waals surface area contributed by atoms with Gasteiger partial charge in [0.2, 0.25) is 5.91 Å². The quantitative estimate of drug-likeness (QED) is 0.709. The highest BCUT2D eigenvalue weighted by atomic mass is 32.2. The van der Waals surface area contributed by atoms with Gasteiger partial charge in [0.15, 0.2) is 0 Å². The fraction of sp³-hybridized carbons (Fsp3) is 0.158. The first kappa shape index (κ1) is 22.8. The molecule has 4 amide bonds. The van der Waals surface area contributed by atoms with Gasteiger partial charge >= 0.3 is 12.2 Å². The standard InChI is InChI=1S/C19H13F3N4O5S/c20-19(21,22)15-9-14(5-4-12(15)10-23)32(30,31)25-17(28)11-2-1-3-13(8-11)26-7-6-16(27)24-18(26)29/h1-5,8-9H,6-7H2,(H,25,28)(H,24,27,29). The molecule has 0 aliphatic carbocycles. The number of hydrogen-bond donors (Lipinski definition) is 2. The molecule has 1 heterocycles. The van der Waals surface area contributed by atoms with E-state index < -0.39 is 50.1 Å². The summed E-state index contributed by atoms with van der Waals surface area (Å²) < 4.78 is 66.0. The lowest BCUT2D eigenvalue weighted by Gasteiger charge is -2.26. The van der Waals surface area contributed by atoms with E-state index in [2.05, 4.69) is 5.32 Å². The maximum atomic E-state index is 13.1.